The van der Waals surface area contributed by atoms with Gasteiger partial charge in [0.05, 0.1) is 11.2 Å². The van der Waals surface area contributed by atoms with Gasteiger partial charge in [-0.1, -0.05) is 18.2 Å². The normalized spacial score (nSPS) is 11.2. The summed E-state index contributed by atoms with van der Waals surface area (Å²) in [6.45, 7) is 3.61. The smallest absolute Gasteiger partial charge is 0.134 e. The van der Waals surface area contributed by atoms with Gasteiger partial charge in [0.2, 0.25) is 0 Å². The maximum absolute atomic E-state index is 5.73. The predicted octanol–water partition coefficient (Wildman–Crippen LogP) is 3.49. The van der Waals surface area contributed by atoms with Crippen LogP contribution in [0.1, 0.15) is 17.0 Å². The summed E-state index contributed by atoms with van der Waals surface area (Å²) < 4.78 is 5.73. The first-order valence-corrected chi connectivity index (χ1v) is 6.83. The van der Waals surface area contributed by atoms with E-state index in [0.29, 0.717) is 0 Å². The van der Waals surface area contributed by atoms with Crippen LogP contribution in [0.3, 0.4) is 0 Å². The molecule has 0 unspecified atom stereocenters. The molecule has 0 saturated carbocycles. The van der Waals surface area contributed by atoms with Crippen LogP contribution in [0.5, 0.6) is 0 Å². The van der Waals surface area contributed by atoms with Crippen LogP contribution in [-0.4, -0.2) is 4.98 Å². The van der Waals surface area contributed by atoms with E-state index < -0.39 is 0 Å². The van der Waals surface area contributed by atoms with Crippen LogP contribution in [-0.2, 0) is 13.1 Å². The summed E-state index contributed by atoms with van der Waals surface area (Å²) >= 11 is 1.62. The lowest BCUT2D eigenvalue weighted by Gasteiger charge is -2.02. The number of hydrogen-bond donors (Lipinski definition) is 1. The van der Waals surface area contributed by atoms with Crippen molar-refractivity contribution in [2.24, 2.45) is 0 Å². The van der Waals surface area contributed by atoms with Crippen LogP contribution in [0.2, 0.25) is 0 Å². The lowest BCUT2D eigenvalue weighted by molar-refractivity contribution is 0.564. The maximum atomic E-state index is 5.73. The third-order valence-electron chi connectivity index (χ3n) is 2.99. The molecule has 0 atom stereocenters. The van der Waals surface area contributed by atoms with Crippen molar-refractivity contribution in [2.45, 2.75) is 20.0 Å². The van der Waals surface area contributed by atoms with Crippen molar-refractivity contribution in [3.8, 4) is 0 Å². The first kappa shape index (κ1) is 11.4. The quantitative estimate of drug-likeness (QED) is 0.778. The van der Waals surface area contributed by atoms with E-state index in [1.807, 2.05) is 30.6 Å². The molecule has 18 heavy (non-hydrogen) atoms. The molecule has 0 amide bonds. The fourth-order valence-electron chi connectivity index (χ4n) is 2.08. The van der Waals surface area contributed by atoms with Crippen molar-refractivity contribution in [1.29, 1.82) is 0 Å². The molecule has 1 N–H and O–H groups in total. The number of furan rings is 1. The summed E-state index contributed by atoms with van der Waals surface area (Å²) in [5, 5.41) is 6.67. The van der Waals surface area contributed by atoms with Crippen molar-refractivity contribution < 1.29 is 4.42 Å². The van der Waals surface area contributed by atoms with E-state index in [4.69, 9.17) is 4.42 Å². The van der Waals surface area contributed by atoms with Crippen LogP contribution in [0.4, 0.5) is 0 Å². The molecular formula is C14H14N2OS. The molecule has 92 valence electrons. The molecular weight excluding hydrogens is 244 g/mol. The minimum Gasteiger partial charge on any atom is -0.461 e. The van der Waals surface area contributed by atoms with E-state index in [-0.39, 0.29) is 0 Å². The van der Waals surface area contributed by atoms with Gasteiger partial charge < -0.3 is 9.73 Å². The molecule has 0 aliphatic carbocycles. The lowest BCUT2D eigenvalue weighted by atomic mass is 10.1. The Morgan fingerprint density at radius 1 is 1.28 bits per heavy atom. The number of fused-ring (bicyclic) bond motifs is 1. The summed E-state index contributed by atoms with van der Waals surface area (Å²) in [4.78, 5) is 4.25. The van der Waals surface area contributed by atoms with Gasteiger partial charge in [0.15, 0.2) is 0 Å². The van der Waals surface area contributed by atoms with Gasteiger partial charge in [-0.15, -0.1) is 11.3 Å². The third kappa shape index (κ3) is 2.17. The Morgan fingerprint density at radius 2 is 2.17 bits per heavy atom. The fraction of sp³-hybridized carbons (Fsp3) is 0.214. The molecule has 0 bridgehead atoms. The van der Waals surface area contributed by atoms with Crippen LogP contribution >= 0.6 is 11.3 Å². The first-order valence-electron chi connectivity index (χ1n) is 5.89. The molecule has 3 nitrogen and oxygen atoms in total. The molecule has 4 heteroatoms. The van der Waals surface area contributed by atoms with Crippen LogP contribution in [0, 0.1) is 6.92 Å². The van der Waals surface area contributed by atoms with E-state index in [9.17, 15) is 0 Å². The summed E-state index contributed by atoms with van der Waals surface area (Å²) in [6.07, 6.45) is 0. The predicted molar refractivity (Wildman–Crippen MR) is 73.6 cm³/mol. The number of rotatable bonds is 4. The van der Waals surface area contributed by atoms with E-state index in [2.05, 4.69) is 21.7 Å². The number of aromatic nitrogens is 1. The van der Waals surface area contributed by atoms with E-state index in [0.717, 1.165) is 30.1 Å². The van der Waals surface area contributed by atoms with Gasteiger partial charge in [-0.05, 0) is 13.0 Å². The van der Waals surface area contributed by atoms with Crippen molar-refractivity contribution in [3.05, 3.63) is 52.2 Å². The number of nitrogens with one attached hydrogen (secondary N) is 1. The third-order valence-corrected chi connectivity index (χ3v) is 3.63. The SMILES string of the molecule is Cc1oc2ccccc2c1CNCc1cscn1. The highest BCUT2D eigenvalue weighted by Crippen LogP contribution is 2.24. The number of aryl methyl sites for hydroxylation is 1. The van der Waals surface area contributed by atoms with Gasteiger partial charge in [-0.3, -0.25) is 0 Å². The number of benzene rings is 1. The van der Waals surface area contributed by atoms with Gasteiger partial charge in [-0.25, -0.2) is 4.98 Å². The second kappa shape index (κ2) is 4.92. The van der Waals surface area contributed by atoms with E-state index in [1.165, 1.54) is 10.9 Å². The van der Waals surface area contributed by atoms with E-state index >= 15 is 0 Å². The zero-order valence-corrected chi connectivity index (χ0v) is 11.0. The van der Waals surface area contributed by atoms with Gasteiger partial charge >= 0.3 is 0 Å². The molecule has 0 fully saturated rings. The molecule has 0 spiro atoms. The second-order valence-electron chi connectivity index (χ2n) is 4.22. The van der Waals surface area contributed by atoms with Crippen molar-refractivity contribution in [1.82, 2.24) is 10.3 Å². The topological polar surface area (TPSA) is 38.1 Å². The molecule has 0 saturated heterocycles. The Bertz CT molecular complexity index is 643. The Morgan fingerprint density at radius 3 is 3.00 bits per heavy atom. The summed E-state index contributed by atoms with van der Waals surface area (Å²) in [5.41, 5.74) is 5.14. The molecule has 0 aliphatic rings. The highest BCUT2D eigenvalue weighted by molar-refractivity contribution is 7.07. The molecule has 1 aromatic carbocycles. The average molecular weight is 258 g/mol. The standard InChI is InChI=1S/C14H14N2OS/c1-10-13(7-15-6-11-8-18-9-16-11)12-4-2-3-5-14(12)17-10/h2-5,8-9,15H,6-7H2,1H3. The van der Waals surface area contributed by atoms with Crippen molar-refractivity contribution in [2.75, 3.05) is 0 Å². The van der Waals surface area contributed by atoms with Gasteiger partial charge in [0.1, 0.15) is 11.3 Å². The monoisotopic (exact) mass is 258 g/mol. The molecule has 3 rings (SSSR count). The Hall–Kier alpha value is -1.65. The Balaban J connectivity index is 1.76. The lowest BCUT2D eigenvalue weighted by Crippen LogP contribution is -2.13. The van der Waals surface area contributed by atoms with Gasteiger partial charge in [0, 0.05) is 29.4 Å². The highest BCUT2D eigenvalue weighted by atomic mass is 32.1. The highest BCUT2D eigenvalue weighted by Gasteiger charge is 2.09. The average Bonchev–Trinajstić information content (AvgIpc) is 2.98. The van der Waals surface area contributed by atoms with Crippen LogP contribution < -0.4 is 5.32 Å². The number of para-hydroxylation sites is 1. The molecule has 0 radical (unpaired) electrons. The fourth-order valence-corrected chi connectivity index (χ4v) is 2.64. The van der Waals surface area contributed by atoms with E-state index in [1.54, 1.807) is 11.3 Å². The van der Waals surface area contributed by atoms with Crippen molar-refractivity contribution in [3.63, 3.8) is 0 Å². The summed E-state index contributed by atoms with van der Waals surface area (Å²) in [5.74, 6) is 0.988. The van der Waals surface area contributed by atoms with Gasteiger partial charge in [-0.2, -0.15) is 0 Å². The number of thiazole rings is 1. The maximum Gasteiger partial charge on any atom is 0.134 e. The first-order chi connectivity index (χ1) is 8.84. The summed E-state index contributed by atoms with van der Waals surface area (Å²) in [6, 6.07) is 8.15. The van der Waals surface area contributed by atoms with Crippen molar-refractivity contribution >= 4 is 22.3 Å². The molecule has 0 aliphatic heterocycles. The van der Waals surface area contributed by atoms with Gasteiger partial charge in [0.25, 0.3) is 0 Å². The number of hydrogen-bond acceptors (Lipinski definition) is 4. The number of nitrogens with zero attached hydrogens (tertiary/aromatic N) is 1. The minimum atomic E-state index is 0.794. The van der Waals surface area contributed by atoms with Crippen LogP contribution in [0.15, 0.2) is 39.6 Å². The Labute approximate surface area is 109 Å². The molecule has 2 aromatic heterocycles. The molecule has 2 heterocycles. The Kier molecular flexibility index (Phi) is 3.13. The van der Waals surface area contributed by atoms with Crippen LogP contribution in [0.25, 0.3) is 11.0 Å². The minimum absolute atomic E-state index is 0.794. The second-order valence-corrected chi connectivity index (χ2v) is 4.93. The summed E-state index contributed by atoms with van der Waals surface area (Å²) in [7, 11) is 0. The zero-order valence-electron chi connectivity index (χ0n) is 10.1. The largest absolute Gasteiger partial charge is 0.461 e. The zero-order chi connectivity index (χ0) is 12.4. The molecule has 3 aromatic rings.